The fourth-order valence-corrected chi connectivity index (χ4v) is 3.32. The Morgan fingerprint density at radius 2 is 2.11 bits per heavy atom. The second-order valence-electron chi connectivity index (χ2n) is 5.52. The molecule has 1 amide bonds. The Morgan fingerprint density at radius 3 is 2.68 bits per heavy atom. The van der Waals surface area contributed by atoms with Crippen LogP contribution in [-0.4, -0.2) is 31.6 Å². The van der Waals surface area contributed by atoms with E-state index < -0.39 is 0 Å². The van der Waals surface area contributed by atoms with Crippen molar-refractivity contribution in [2.75, 3.05) is 25.1 Å². The highest BCUT2D eigenvalue weighted by atomic mass is 16.5. The predicted molar refractivity (Wildman–Crippen MR) is 74.5 cm³/mol. The van der Waals surface area contributed by atoms with Crippen LogP contribution >= 0.6 is 0 Å². The number of carbonyl (C=O) groups excluding carboxylic acids is 1. The van der Waals surface area contributed by atoms with Crippen molar-refractivity contribution in [1.82, 2.24) is 5.32 Å². The minimum absolute atomic E-state index is 0.225. The number of methoxy groups -OCH3 is 1. The molecular formula is C15H20N2O2. The van der Waals surface area contributed by atoms with Crippen LogP contribution < -0.4 is 15.0 Å². The molecule has 4 nitrogen and oxygen atoms in total. The van der Waals surface area contributed by atoms with E-state index in [1.165, 1.54) is 0 Å². The normalized spacial score (nSPS) is 30.3. The lowest BCUT2D eigenvalue weighted by Crippen LogP contribution is -2.50. The molecule has 0 aliphatic carbocycles. The molecule has 2 fully saturated rings. The van der Waals surface area contributed by atoms with E-state index in [1.54, 1.807) is 7.11 Å². The summed E-state index contributed by atoms with van der Waals surface area (Å²) in [5.74, 6) is 1.39. The zero-order valence-corrected chi connectivity index (χ0v) is 11.5. The minimum atomic E-state index is -0.320. The van der Waals surface area contributed by atoms with Crippen LogP contribution in [0.1, 0.15) is 19.8 Å². The Labute approximate surface area is 113 Å². The van der Waals surface area contributed by atoms with Gasteiger partial charge in [0.15, 0.2) is 0 Å². The molecular weight excluding hydrogens is 240 g/mol. The summed E-state index contributed by atoms with van der Waals surface area (Å²) in [4.78, 5) is 14.6. The summed E-state index contributed by atoms with van der Waals surface area (Å²) in [6.07, 6.45) is 2.05. The molecule has 0 bridgehead atoms. The van der Waals surface area contributed by atoms with E-state index >= 15 is 0 Å². The Kier molecular flexibility index (Phi) is 2.97. The van der Waals surface area contributed by atoms with Gasteiger partial charge in [0, 0.05) is 18.2 Å². The van der Waals surface area contributed by atoms with Crippen molar-refractivity contribution in [1.29, 1.82) is 0 Å². The number of carbonyl (C=O) groups is 1. The molecule has 1 N–H and O–H groups in total. The van der Waals surface area contributed by atoms with Gasteiger partial charge in [0.1, 0.15) is 11.3 Å². The largest absolute Gasteiger partial charge is 0.497 e. The van der Waals surface area contributed by atoms with Gasteiger partial charge < -0.3 is 15.0 Å². The van der Waals surface area contributed by atoms with Gasteiger partial charge in [-0.15, -0.1) is 0 Å². The van der Waals surface area contributed by atoms with Crippen molar-refractivity contribution in [2.24, 2.45) is 5.92 Å². The zero-order chi connectivity index (χ0) is 13.5. The van der Waals surface area contributed by atoms with Crippen molar-refractivity contribution in [2.45, 2.75) is 25.3 Å². The second-order valence-corrected chi connectivity index (χ2v) is 5.52. The van der Waals surface area contributed by atoms with Gasteiger partial charge in [-0.25, -0.2) is 0 Å². The molecule has 2 aliphatic rings. The predicted octanol–water partition coefficient (Wildman–Crippen LogP) is 1.80. The van der Waals surface area contributed by atoms with Crippen LogP contribution in [0, 0.1) is 5.92 Å². The quantitative estimate of drug-likeness (QED) is 0.881. The van der Waals surface area contributed by atoms with Gasteiger partial charge in [-0.3, -0.25) is 4.79 Å². The van der Waals surface area contributed by atoms with E-state index in [1.807, 2.05) is 29.2 Å². The number of hydrogen-bond acceptors (Lipinski definition) is 3. The highest BCUT2D eigenvalue weighted by molar-refractivity contribution is 6.03. The van der Waals surface area contributed by atoms with E-state index in [-0.39, 0.29) is 11.4 Å². The van der Waals surface area contributed by atoms with Gasteiger partial charge in [-0.05, 0) is 43.7 Å². The standard InChI is InChI=1S/C15H20N2O2/c1-11-10-17(12-4-6-13(19-2)7-5-12)14(18)15(11)8-3-9-16-15/h4-7,11,16H,3,8-10H2,1-2H3/t11-,15+/m1/s1. The molecule has 3 rings (SSSR count). The van der Waals surface area contributed by atoms with Gasteiger partial charge >= 0.3 is 0 Å². The molecule has 1 aromatic carbocycles. The van der Waals surface area contributed by atoms with Crippen LogP contribution in [0.2, 0.25) is 0 Å². The molecule has 2 aliphatic heterocycles. The number of nitrogens with zero attached hydrogens (tertiary/aromatic N) is 1. The third-order valence-electron chi connectivity index (χ3n) is 4.50. The molecule has 0 saturated carbocycles. The van der Waals surface area contributed by atoms with Gasteiger partial charge in [0.25, 0.3) is 0 Å². The fraction of sp³-hybridized carbons (Fsp3) is 0.533. The number of benzene rings is 1. The van der Waals surface area contributed by atoms with Gasteiger partial charge in [-0.2, -0.15) is 0 Å². The lowest BCUT2D eigenvalue weighted by atomic mass is 9.86. The van der Waals surface area contributed by atoms with Crippen LogP contribution in [0.3, 0.4) is 0 Å². The first-order valence-corrected chi connectivity index (χ1v) is 6.88. The summed E-state index contributed by atoms with van der Waals surface area (Å²) in [5, 5.41) is 3.44. The molecule has 0 unspecified atom stereocenters. The molecule has 1 spiro atoms. The average Bonchev–Trinajstić information content (AvgIpc) is 3.02. The maximum Gasteiger partial charge on any atom is 0.247 e. The molecule has 2 saturated heterocycles. The number of anilines is 1. The summed E-state index contributed by atoms with van der Waals surface area (Å²) in [7, 11) is 1.65. The highest BCUT2D eigenvalue weighted by Gasteiger charge is 2.53. The van der Waals surface area contributed by atoms with Crippen molar-refractivity contribution in [3.63, 3.8) is 0 Å². The summed E-state index contributed by atoms with van der Waals surface area (Å²) in [5.41, 5.74) is 0.642. The molecule has 2 atom stereocenters. The number of hydrogen-bond donors (Lipinski definition) is 1. The number of rotatable bonds is 2. The van der Waals surface area contributed by atoms with Gasteiger partial charge in [0.05, 0.1) is 7.11 Å². The monoisotopic (exact) mass is 260 g/mol. The highest BCUT2D eigenvalue weighted by Crippen LogP contribution is 2.38. The lowest BCUT2D eigenvalue weighted by Gasteiger charge is -2.26. The van der Waals surface area contributed by atoms with Crippen molar-refractivity contribution < 1.29 is 9.53 Å². The third-order valence-corrected chi connectivity index (χ3v) is 4.50. The first-order chi connectivity index (χ1) is 9.17. The Balaban J connectivity index is 1.88. The summed E-state index contributed by atoms with van der Waals surface area (Å²) in [6, 6.07) is 7.72. The van der Waals surface area contributed by atoms with Crippen LogP contribution in [0.15, 0.2) is 24.3 Å². The van der Waals surface area contributed by atoms with Crippen LogP contribution in [-0.2, 0) is 4.79 Å². The second kappa shape index (κ2) is 4.53. The summed E-state index contributed by atoms with van der Waals surface area (Å²) < 4.78 is 5.16. The van der Waals surface area contributed by atoms with Crippen molar-refractivity contribution >= 4 is 11.6 Å². The zero-order valence-electron chi connectivity index (χ0n) is 11.5. The Bertz CT molecular complexity index is 477. The van der Waals surface area contributed by atoms with Gasteiger partial charge in [-0.1, -0.05) is 6.92 Å². The van der Waals surface area contributed by atoms with E-state index in [0.29, 0.717) is 5.92 Å². The van der Waals surface area contributed by atoms with Crippen molar-refractivity contribution in [3.8, 4) is 5.75 Å². The first kappa shape index (κ1) is 12.5. The Hall–Kier alpha value is -1.55. The molecule has 0 radical (unpaired) electrons. The fourth-order valence-electron chi connectivity index (χ4n) is 3.32. The SMILES string of the molecule is COc1ccc(N2C[C@@H](C)[C@@]3(CCCN3)C2=O)cc1. The summed E-state index contributed by atoms with van der Waals surface area (Å²) >= 11 is 0. The minimum Gasteiger partial charge on any atom is -0.497 e. The summed E-state index contributed by atoms with van der Waals surface area (Å²) in [6.45, 7) is 3.91. The molecule has 19 heavy (non-hydrogen) atoms. The van der Waals surface area contributed by atoms with Crippen molar-refractivity contribution in [3.05, 3.63) is 24.3 Å². The van der Waals surface area contributed by atoms with Crippen LogP contribution in [0.4, 0.5) is 5.69 Å². The molecule has 4 heteroatoms. The number of ether oxygens (including phenoxy) is 1. The number of nitrogens with one attached hydrogen (secondary N) is 1. The van der Waals surface area contributed by atoms with E-state index in [2.05, 4.69) is 12.2 Å². The van der Waals surface area contributed by atoms with E-state index in [0.717, 1.165) is 37.4 Å². The third kappa shape index (κ3) is 1.82. The number of amides is 1. The van der Waals surface area contributed by atoms with E-state index in [9.17, 15) is 4.79 Å². The average molecular weight is 260 g/mol. The topological polar surface area (TPSA) is 41.6 Å². The molecule has 2 heterocycles. The Morgan fingerprint density at radius 1 is 1.37 bits per heavy atom. The maximum atomic E-state index is 12.7. The smallest absolute Gasteiger partial charge is 0.247 e. The van der Waals surface area contributed by atoms with Crippen LogP contribution in [0.5, 0.6) is 5.75 Å². The molecule has 1 aromatic rings. The molecule has 102 valence electrons. The lowest BCUT2D eigenvalue weighted by molar-refractivity contribution is -0.122. The van der Waals surface area contributed by atoms with Crippen LogP contribution in [0.25, 0.3) is 0 Å². The molecule has 0 aromatic heterocycles. The van der Waals surface area contributed by atoms with E-state index in [4.69, 9.17) is 4.74 Å². The van der Waals surface area contributed by atoms with Gasteiger partial charge in [0.2, 0.25) is 5.91 Å². The maximum absolute atomic E-state index is 12.7. The first-order valence-electron chi connectivity index (χ1n) is 6.88.